The number of thiophene rings is 1. The van der Waals surface area contributed by atoms with E-state index in [1.54, 1.807) is 11.3 Å². The van der Waals surface area contributed by atoms with Crippen molar-refractivity contribution in [2.24, 2.45) is 0 Å². The zero-order valence-corrected chi connectivity index (χ0v) is 14.9. The highest BCUT2D eigenvalue weighted by Gasteiger charge is 2.16. The fourth-order valence-electron chi connectivity index (χ4n) is 2.35. The molecule has 0 atom stereocenters. The smallest absolute Gasteiger partial charge is 0.263 e. The summed E-state index contributed by atoms with van der Waals surface area (Å²) in [4.78, 5) is 18.5. The number of hydrogen-bond acceptors (Lipinski definition) is 6. The first-order valence-electron chi connectivity index (χ1n) is 7.59. The van der Waals surface area contributed by atoms with Gasteiger partial charge in [0.2, 0.25) is 0 Å². The molecule has 8 heteroatoms. The van der Waals surface area contributed by atoms with Crippen molar-refractivity contribution >= 4 is 28.6 Å². The average Bonchev–Trinajstić information content (AvgIpc) is 3.38. The van der Waals surface area contributed by atoms with Gasteiger partial charge in [-0.15, -0.1) is 11.3 Å². The first kappa shape index (κ1) is 15.8. The summed E-state index contributed by atoms with van der Waals surface area (Å²) < 4.78 is 7.21. The Kier molecular flexibility index (Phi) is 4.21. The molecule has 0 aliphatic rings. The topological polar surface area (TPSA) is 73.0 Å². The average molecular weight is 370 g/mol. The number of nitrogens with zero attached hydrogens (tertiary/aromatic N) is 3. The first-order valence-corrected chi connectivity index (χ1v) is 9.29. The van der Waals surface area contributed by atoms with Gasteiger partial charge in [0, 0.05) is 18.5 Å². The zero-order chi connectivity index (χ0) is 17.2. The second kappa shape index (κ2) is 6.66. The van der Waals surface area contributed by atoms with Crippen molar-refractivity contribution in [2.75, 3.05) is 0 Å². The monoisotopic (exact) mass is 370 g/mol. The Balaban J connectivity index is 1.44. The van der Waals surface area contributed by atoms with Gasteiger partial charge < -0.3 is 14.4 Å². The van der Waals surface area contributed by atoms with Gasteiger partial charge >= 0.3 is 0 Å². The minimum Gasteiger partial charge on any atom is -0.355 e. The first-order chi connectivity index (χ1) is 12.2. The molecule has 0 spiro atoms. The second-order valence-corrected chi connectivity index (χ2v) is 7.27. The molecule has 0 saturated carbocycles. The molecular formula is C17H14N4O2S2. The van der Waals surface area contributed by atoms with Gasteiger partial charge in [-0.2, -0.15) is 0 Å². The molecule has 1 N–H and O–H groups in total. The van der Waals surface area contributed by atoms with Crippen molar-refractivity contribution in [2.45, 2.75) is 13.5 Å². The molecule has 0 aliphatic heterocycles. The molecule has 1 amide bonds. The summed E-state index contributed by atoms with van der Waals surface area (Å²) in [5, 5.41) is 9.64. The van der Waals surface area contributed by atoms with Gasteiger partial charge in [0.1, 0.15) is 10.6 Å². The quantitative estimate of drug-likeness (QED) is 0.578. The van der Waals surface area contributed by atoms with Crippen molar-refractivity contribution in [3.8, 4) is 15.8 Å². The molecule has 0 aromatic carbocycles. The Hall–Kier alpha value is -2.71. The highest BCUT2D eigenvalue weighted by molar-refractivity contribution is 7.16. The minimum atomic E-state index is -0.158. The Morgan fingerprint density at radius 1 is 1.32 bits per heavy atom. The fraction of sp³-hybridized carbons (Fsp3) is 0.118. The van der Waals surface area contributed by atoms with E-state index in [9.17, 15) is 4.79 Å². The number of aromatic nitrogens is 3. The van der Waals surface area contributed by atoms with Crippen LogP contribution in [-0.4, -0.2) is 20.6 Å². The highest BCUT2D eigenvalue weighted by Crippen LogP contribution is 2.25. The Morgan fingerprint density at radius 2 is 2.16 bits per heavy atom. The normalized spacial score (nSPS) is 10.9. The summed E-state index contributed by atoms with van der Waals surface area (Å²) in [5.74, 6) is 0.553. The van der Waals surface area contributed by atoms with E-state index in [-0.39, 0.29) is 5.91 Å². The van der Waals surface area contributed by atoms with E-state index in [4.69, 9.17) is 4.52 Å². The lowest BCUT2D eigenvalue weighted by Crippen LogP contribution is -2.22. The second-order valence-electron chi connectivity index (χ2n) is 5.34. The van der Waals surface area contributed by atoms with Crippen LogP contribution in [0.25, 0.3) is 15.8 Å². The highest BCUT2D eigenvalue weighted by atomic mass is 32.1. The molecule has 0 fully saturated rings. The number of rotatable bonds is 5. The maximum atomic E-state index is 12.5. The molecule has 0 aliphatic carbocycles. The van der Waals surface area contributed by atoms with Gasteiger partial charge in [0.25, 0.3) is 5.91 Å². The number of nitrogens with one attached hydrogen (secondary N) is 1. The van der Waals surface area contributed by atoms with E-state index >= 15 is 0 Å². The van der Waals surface area contributed by atoms with Crippen molar-refractivity contribution in [3.05, 3.63) is 64.4 Å². The summed E-state index contributed by atoms with van der Waals surface area (Å²) in [6, 6.07) is 9.62. The number of amides is 1. The van der Waals surface area contributed by atoms with Crippen LogP contribution in [0.4, 0.5) is 0 Å². The van der Waals surface area contributed by atoms with Gasteiger partial charge in [-0.05, 0) is 30.5 Å². The van der Waals surface area contributed by atoms with Gasteiger partial charge in [0.05, 0.1) is 17.1 Å². The van der Waals surface area contributed by atoms with E-state index in [2.05, 4.69) is 15.5 Å². The zero-order valence-electron chi connectivity index (χ0n) is 13.3. The molecule has 4 aromatic heterocycles. The summed E-state index contributed by atoms with van der Waals surface area (Å²) >= 11 is 2.95. The Labute approximate surface area is 151 Å². The largest absolute Gasteiger partial charge is 0.355 e. The van der Waals surface area contributed by atoms with Crippen LogP contribution in [0.2, 0.25) is 0 Å². The van der Waals surface area contributed by atoms with E-state index in [1.165, 1.54) is 11.3 Å². The van der Waals surface area contributed by atoms with E-state index in [1.807, 2.05) is 59.6 Å². The van der Waals surface area contributed by atoms with Crippen molar-refractivity contribution in [3.63, 3.8) is 0 Å². The van der Waals surface area contributed by atoms with Crippen LogP contribution in [0.15, 0.2) is 52.6 Å². The number of aryl methyl sites for hydroxylation is 1. The Bertz CT molecular complexity index is 984. The lowest BCUT2D eigenvalue weighted by molar-refractivity contribution is 0.0953. The minimum absolute atomic E-state index is 0.158. The maximum absolute atomic E-state index is 12.5. The summed E-state index contributed by atoms with van der Waals surface area (Å²) in [6.45, 7) is 2.15. The molecule has 0 bridgehead atoms. The van der Waals surface area contributed by atoms with Crippen LogP contribution in [0, 0.1) is 6.92 Å². The summed E-state index contributed by atoms with van der Waals surface area (Å²) in [6.07, 6.45) is 3.81. The van der Waals surface area contributed by atoms with Gasteiger partial charge in [0.15, 0.2) is 10.9 Å². The summed E-state index contributed by atoms with van der Waals surface area (Å²) in [7, 11) is 0. The van der Waals surface area contributed by atoms with Crippen LogP contribution >= 0.6 is 22.7 Å². The molecule has 0 unspecified atom stereocenters. The van der Waals surface area contributed by atoms with E-state index in [0.717, 1.165) is 10.0 Å². The molecule has 25 heavy (non-hydrogen) atoms. The van der Waals surface area contributed by atoms with Gasteiger partial charge in [-0.1, -0.05) is 22.6 Å². The predicted octanol–water partition coefficient (Wildman–Crippen LogP) is 3.89. The SMILES string of the molecule is Cc1nc(-n2cccc2)sc1C(=O)NCc1cc(-c2cccs2)on1. The molecule has 4 rings (SSSR count). The number of carbonyl (C=O) groups excluding carboxylic acids is 1. The van der Waals surface area contributed by atoms with E-state index in [0.29, 0.717) is 28.6 Å². The van der Waals surface area contributed by atoms with Gasteiger partial charge in [-0.25, -0.2) is 4.98 Å². The summed E-state index contributed by atoms with van der Waals surface area (Å²) in [5.41, 5.74) is 1.40. The third kappa shape index (κ3) is 3.26. The van der Waals surface area contributed by atoms with Crippen molar-refractivity contribution < 1.29 is 9.32 Å². The lowest BCUT2D eigenvalue weighted by Gasteiger charge is -2.00. The molecule has 6 nitrogen and oxygen atoms in total. The lowest BCUT2D eigenvalue weighted by atomic mass is 10.3. The molecule has 4 aromatic rings. The molecule has 0 radical (unpaired) electrons. The van der Waals surface area contributed by atoms with Crippen molar-refractivity contribution in [1.82, 2.24) is 20.0 Å². The molecule has 0 saturated heterocycles. The van der Waals surface area contributed by atoms with E-state index < -0.39 is 0 Å². The predicted molar refractivity (Wildman–Crippen MR) is 97.2 cm³/mol. The molecule has 126 valence electrons. The van der Waals surface area contributed by atoms with Crippen LogP contribution in [0.5, 0.6) is 0 Å². The molecule has 4 heterocycles. The van der Waals surface area contributed by atoms with Crippen LogP contribution in [-0.2, 0) is 6.54 Å². The third-order valence-corrected chi connectivity index (χ3v) is 5.62. The number of thiazole rings is 1. The fourth-order valence-corrected chi connectivity index (χ4v) is 3.97. The van der Waals surface area contributed by atoms with Crippen molar-refractivity contribution in [1.29, 1.82) is 0 Å². The van der Waals surface area contributed by atoms with Gasteiger partial charge in [-0.3, -0.25) is 4.79 Å². The Morgan fingerprint density at radius 3 is 2.92 bits per heavy atom. The number of hydrogen-bond donors (Lipinski definition) is 1. The van der Waals surface area contributed by atoms with Crippen LogP contribution in [0.3, 0.4) is 0 Å². The number of carbonyl (C=O) groups is 1. The maximum Gasteiger partial charge on any atom is 0.263 e. The van der Waals surface area contributed by atoms with Crippen LogP contribution in [0.1, 0.15) is 21.1 Å². The molecular weight excluding hydrogens is 356 g/mol. The van der Waals surface area contributed by atoms with Crippen LogP contribution < -0.4 is 5.32 Å². The standard InChI is InChI=1S/C17H14N4O2S2/c1-11-15(25-17(19-11)21-6-2-3-7-21)16(22)18-10-12-9-13(23-20-12)14-5-4-8-24-14/h2-9H,10H2,1H3,(H,18,22). The third-order valence-electron chi connectivity index (χ3n) is 3.57.